The molecule has 0 saturated carbocycles. The standard InChI is InChI=1S/C15H18N2O2/c1-17(2)10-9-16-15(19)13-8-7-11-5-3-4-6-12(11)14(13)18/h3-8,18H,9-10H2,1-2H3,(H,16,19). The Morgan fingerprint density at radius 3 is 2.68 bits per heavy atom. The highest BCUT2D eigenvalue weighted by Crippen LogP contribution is 2.28. The second-order valence-corrected chi connectivity index (χ2v) is 4.74. The van der Waals surface area contributed by atoms with Crippen LogP contribution in [0.4, 0.5) is 0 Å². The fourth-order valence-corrected chi connectivity index (χ4v) is 1.93. The summed E-state index contributed by atoms with van der Waals surface area (Å²) in [7, 11) is 3.89. The number of phenols is 1. The monoisotopic (exact) mass is 258 g/mol. The highest BCUT2D eigenvalue weighted by Gasteiger charge is 2.12. The summed E-state index contributed by atoms with van der Waals surface area (Å²) in [5, 5.41) is 14.6. The predicted molar refractivity (Wildman–Crippen MR) is 76.5 cm³/mol. The highest BCUT2D eigenvalue weighted by molar-refractivity contribution is 6.03. The van der Waals surface area contributed by atoms with Crippen molar-refractivity contribution in [2.75, 3.05) is 27.2 Å². The van der Waals surface area contributed by atoms with E-state index in [4.69, 9.17) is 0 Å². The second kappa shape index (κ2) is 5.71. The minimum atomic E-state index is -0.245. The van der Waals surface area contributed by atoms with Gasteiger partial charge < -0.3 is 15.3 Å². The fraction of sp³-hybridized carbons (Fsp3) is 0.267. The van der Waals surface area contributed by atoms with E-state index in [0.717, 1.165) is 11.9 Å². The van der Waals surface area contributed by atoms with E-state index in [1.54, 1.807) is 12.1 Å². The summed E-state index contributed by atoms with van der Waals surface area (Å²) < 4.78 is 0. The summed E-state index contributed by atoms with van der Waals surface area (Å²) in [5.74, 6) is -0.203. The molecule has 0 saturated heterocycles. The lowest BCUT2D eigenvalue weighted by Gasteiger charge is -2.11. The summed E-state index contributed by atoms with van der Waals surface area (Å²) in [6, 6.07) is 11.0. The Labute approximate surface area is 112 Å². The zero-order valence-corrected chi connectivity index (χ0v) is 11.2. The second-order valence-electron chi connectivity index (χ2n) is 4.74. The molecule has 0 heterocycles. The molecule has 0 bridgehead atoms. The van der Waals surface area contributed by atoms with E-state index in [0.29, 0.717) is 17.5 Å². The Bertz CT molecular complexity index is 594. The molecular weight excluding hydrogens is 240 g/mol. The maximum Gasteiger partial charge on any atom is 0.255 e. The molecule has 2 aromatic carbocycles. The van der Waals surface area contributed by atoms with Crippen molar-refractivity contribution in [1.82, 2.24) is 10.2 Å². The van der Waals surface area contributed by atoms with E-state index in [-0.39, 0.29) is 11.7 Å². The minimum absolute atomic E-state index is 0.0421. The van der Waals surface area contributed by atoms with Crippen LogP contribution in [-0.2, 0) is 0 Å². The van der Waals surface area contributed by atoms with Crippen LogP contribution in [0.3, 0.4) is 0 Å². The van der Waals surface area contributed by atoms with Crippen LogP contribution in [0.1, 0.15) is 10.4 Å². The molecule has 0 radical (unpaired) electrons. The van der Waals surface area contributed by atoms with Gasteiger partial charge in [-0.3, -0.25) is 4.79 Å². The van der Waals surface area contributed by atoms with Gasteiger partial charge in [0.1, 0.15) is 5.75 Å². The number of fused-ring (bicyclic) bond motifs is 1. The van der Waals surface area contributed by atoms with E-state index in [9.17, 15) is 9.90 Å². The minimum Gasteiger partial charge on any atom is -0.506 e. The van der Waals surface area contributed by atoms with Gasteiger partial charge in [0.25, 0.3) is 5.91 Å². The van der Waals surface area contributed by atoms with Gasteiger partial charge in [0, 0.05) is 18.5 Å². The fourth-order valence-electron chi connectivity index (χ4n) is 1.93. The quantitative estimate of drug-likeness (QED) is 0.879. The third-order valence-corrected chi connectivity index (χ3v) is 2.99. The van der Waals surface area contributed by atoms with E-state index in [1.807, 2.05) is 43.3 Å². The van der Waals surface area contributed by atoms with Crippen molar-refractivity contribution in [3.63, 3.8) is 0 Å². The maximum absolute atomic E-state index is 12.0. The first-order valence-electron chi connectivity index (χ1n) is 6.23. The highest BCUT2D eigenvalue weighted by atomic mass is 16.3. The molecule has 2 N–H and O–H groups in total. The van der Waals surface area contributed by atoms with Gasteiger partial charge in [0.05, 0.1) is 5.56 Å². The van der Waals surface area contributed by atoms with Crippen LogP contribution in [0.15, 0.2) is 36.4 Å². The molecule has 19 heavy (non-hydrogen) atoms. The first-order chi connectivity index (χ1) is 9.09. The molecule has 1 amide bonds. The zero-order chi connectivity index (χ0) is 13.8. The average molecular weight is 258 g/mol. The Kier molecular flexibility index (Phi) is 4.02. The largest absolute Gasteiger partial charge is 0.506 e. The van der Waals surface area contributed by atoms with E-state index >= 15 is 0 Å². The van der Waals surface area contributed by atoms with Crippen molar-refractivity contribution >= 4 is 16.7 Å². The predicted octanol–water partition coefficient (Wildman–Crippen LogP) is 1.84. The number of rotatable bonds is 4. The van der Waals surface area contributed by atoms with Gasteiger partial charge in [-0.25, -0.2) is 0 Å². The summed E-state index contributed by atoms with van der Waals surface area (Å²) in [6.45, 7) is 1.32. The molecular formula is C15H18N2O2. The smallest absolute Gasteiger partial charge is 0.255 e. The van der Waals surface area contributed by atoms with Crippen molar-refractivity contribution in [1.29, 1.82) is 0 Å². The van der Waals surface area contributed by atoms with Gasteiger partial charge in [0.2, 0.25) is 0 Å². The Morgan fingerprint density at radius 1 is 1.21 bits per heavy atom. The molecule has 2 rings (SSSR count). The van der Waals surface area contributed by atoms with Crippen LogP contribution < -0.4 is 5.32 Å². The van der Waals surface area contributed by atoms with Crippen molar-refractivity contribution in [3.8, 4) is 5.75 Å². The van der Waals surface area contributed by atoms with Crippen LogP contribution >= 0.6 is 0 Å². The topological polar surface area (TPSA) is 52.6 Å². The van der Waals surface area contributed by atoms with Gasteiger partial charge in [-0.2, -0.15) is 0 Å². The van der Waals surface area contributed by atoms with Crippen LogP contribution in [0.25, 0.3) is 10.8 Å². The third-order valence-electron chi connectivity index (χ3n) is 2.99. The number of carbonyl (C=O) groups is 1. The normalized spacial score (nSPS) is 10.9. The third kappa shape index (κ3) is 3.03. The van der Waals surface area contributed by atoms with Crippen LogP contribution in [-0.4, -0.2) is 43.1 Å². The molecule has 0 unspecified atom stereocenters. The number of aromatic hydroxyl groups is 1. The van der Waals surface area contributed by atoms with Crippen molar-refractivity contribution in [3.05, 3.63) is 42.0 Å². The van der Waals surface area contributed by atoms with Gasteiger partial charge in [-0.05, 0) is 25.5 Å². The van der Waals surface area contributed by atoms with Gasteiger partial charge >= 0.3 is 0 Å². The molecule has 4 heteroatoms. The lowest BCUT2D eigenvalue weighted by Crippen LogP contribution is -2.31. The number of amides is 1. The zero-order valence-electron chi connectivity index (χ0n) is 11.2. The number of hydrogen-bond donors (Lipinski definition) is 2. The molecule has 0 aliphatic carbocycles. The lowest BCUT2D eigenvalue weighted by molar-refractivity contribution is 0.0948. The van der Waals surface area contributed by atoms with Crippen LogP contribution in [0.2, 0.25) is 0 Å². The summed E-state index contributed by atoms with van der Waals surface area (Å²) in [5.41, 5.74) is 0.317. The van der Waals surface area contributed by atoms with E-state index < -0.39 is 0 Å². The van der Waals surface area contributed by atoms with Crippen molar-refractivity contribution in [2.24, 2.45) is 0 Å². The molecule has 0 spiro atoms. The maximum atomic E-state index is 12.0. The van der Waals surface area contributed by atoms with Gasteiger partial charge in [0.15, 0.2) is 0 Å². The van der Waals surface area contributed by atoms with Crippen molar-refractivity contribution in [2.45, 2.75) is 0 Å². The number of nitrogens with zero attached hydrogens (tertiary/aromatic N) is 1. The molecule has 0 atom stereocenters. The Morgan fingerprint density at radius 2 is 1.95 bits per heavy atom. The average Bonchev–Trinajstić information content (AvgIpc) is 2.39. The molecule has 100 valence electrons. The van der Waals surface area contributed by atoms with E-state index in [1.165, 1.54) is 0 Å². The molecule has 2 aromatic rings. The number of benzene rings is 2. The van der Waals surface area contributed by atoms with Gasteiger partial charge in [-0.15, -0.1) is 0 Å². The van der Waals surface area contributed by atoms with Gasteiger partial charge in [-0.1, -0.05) is 30.3 Å². The number of hydrogen-bond acceptors (Lipinski definition) is 3. The van der Waals surface area contributed by atoms with E-state index in [2.05, 4.69) is 5.32 Å². The first-order valence-corrected chi connectivity index (χ1v) is 6.23. The summed E-state index contributed by atoms with van der Waals surface area (Å²) in [6.07, 6.45) is 0. The first kappa shape index (κ1) is 13.4. The Hall–Kier alpha value is -2.07. The molecule has 0 aliphatic rings. The molecule has 0 fully saturated rings. The Balaban J connectivity index is 2.20. The van der Waals surface area contributed by atoms with Crippen LogP contribution in [0.5, 0.6) is 5.75 Å². The molecule has 0 aliphatic heterocycles. The number of likely N-dealkylation sites (N-methyl/N-ethyl adjacent to an activating group) is 1. The summed E-state index contributed by atoms with van der Waals surface area (Å²) in [4.78, 5) is 14.0. The van der Waals surface area contributed by atoms with Crippen LogP contribution in [0, 0.1) is 0 Å². The number of phenolic OH excluding ortho intramolecular Hbond substituents is 1. The molecule has 0 aromatic heterocycles. The lowest BCUT2D eigenvalue weighted by atomic mass is 10.0. The summed E-state index contributed by atoms with van der Waals surface area (Å²) >= 11 is 0. The molecule has 4 nitrogen and oxygen atoms in total. The number of carbonyl (C=O) groups excluding carboxylic acids is 1. The SMILES string of the molecule is CN(C)CCNC(=O)c1ccc2ccccc2c1O. The van der Waals surface area contributed by atoms with Crippen molar-refractivity contribution < 1.29 is 9.90 Å². The number of nitrogens with one attached hydrogen (secondary N) is 1.